The molecule has 3 nitrogen and oxygen atoms in total. The zero-order valence-corrected chi connectivity index (χ0v) is 15.9. The number of halogens is 2. The number of nitrogens with one attached hydrogen (secondary N) is 1. The molecule has 0 saturated carbocycles. The van der Waals surface area contributed by atoms with Crippen molar-refractivity contribution in [1.29, 1.82) is 0 Å². The van der Waals surface area contributed by atoms with E-state index in [2.05, 4.69) is 24.5 Å². The quantitative estimate of drug-likeness (QED) is 0.712. The van der Waals surface area contributed by atoms with Crippen LogP contribution < -0.4 is 5.32 Å². The monoisotopic (exact) mass is 377 g/mol. The maximum atomic E-state index is 12.3. The van der Waals surface area contributed by atoms with Crippen molar-refractivity contribution in [2.24, 2.45) is 0 Å². The van der Waals surface area contributed by atoms with Crippen LogP contribution in [0.4, 0.5) is 5.69 Å². The highest BCUT2D eigenvalue weighted by molar-refractivity contribution is 6.42. The highest BCUT2D eigenvalue weighted by atomic mass is 35.5. The SMILES string of the molecule is C[N+]1(Cc2ccc(NC(=O)c3ccc(Cl)c(Cl)c3)cc2)CCCCC1. The fourth-order valence-electron chi connectivity index (χ4n) is 3.41. The summed E-state index contributed by atoms with van der Waals surface area (Å²) in [4.78, 5) is 12.3. The molecule has 0 spiro atoms. The molecule has 0 unspecified atom stereocenters. The zero-order valence-electron chi connectivity index (χ0n) is 14.4. The fourth-order valence-corrected chi connectivity index (χ4v) is 3.71. The average molecular weight is 378 g/mol. The first kappa shape index (κ1) is 18.2. The van der Waals surface area contributed by atoms with Gasteiger partial charge in [0, 0.05) is 16.8 Å². The van der Waals surface area contributed by atoms with Crippen molar-refractivity contribution in [3.63, 3.8) is 0 Å². The molecule has 2 aromatic rings. The van der Waals surface area contributed by atoms with Crippen LogP contribution in [0.25, 0.3) is 0 Å². The van der Waals surface area contributed by atoms with E-state index in [1.807, 2.05) is 12.1 Å². The maximum Gasteiger partial charge on any atom is 0.255 e. The van der Waals surface area contributed by atoms with Gasteiger partial charge in [0.2, 0.25) is 0 Å². The van der Waals surface area contributed by atoms with Gasteiger partial charge in [0.15, 0.2) is 0 Å². The standard InChI is InChI=1S/C20H22Cl2N2O/c1-24(11-3-2-4-12-24)14-15-5-8-17(9-6-15)23-20(25)16-7-10-18(21)19(22)13-16/h5-10,13H,2-4,11-12,14H2,1H3/p+1. The van der Waals surface area contributed by atoms with Gasteiger partial charge >= 0.3 is 0 Å². The molecule has 1 N–H and O–H groups in total. The average Bonchev–Trinajstić information content (AvgIpc) is 2.59. The third-order valence-electron chi connectivity index (χ3n) is 4.85. The van der Waals surface area contributed by atoms with E-state index < -0.39 is 0 Å². The lowest BCUT2D eigenvalue weighted by atomic mass is 10.1. The Balaban J connectivity index is 1.64. The van der Waals surface area contributed by atoms with Crippen LogP contribution in [0, 0.1) is 0 Å². The minimum absolute atomic E-state index is 0.193. The highest BCUT2D eigenvalue weighted by Crippen LogP contribution is 2.24. The second-order valence-electron chi connectivity index (χ2n) is 7.07. The molecule has 25 heavy (non-hydrogen) atoms. The lowest BCUT2D eigenvalue weighted by molar-refractivity contribution is -0.926. The Morgan fingerprint density at radius 1 is 1.00 bits per heavy atom. The number of nitrogens with zero attached hydrogens (tertiary/aromatic N) is 1. The van der Waals surface area contributed by atoms with Crippen LogP contribution >= 0.6 is 23.2 Å². The second kappa shape index (κ2) is 7.77. The van der Waals surface area contributed by atoms with E-state index in [0.717, 1.165) is 16.7 Å². The van der Waals surface area contributed by atoms with E-state index in [1.54, 1.807) is 18.2 Å². The first-order chi connectivity index (χ1) is 12.0. The van der Waals surface area contributed by atoms with Gasteiger partial charge in [-0.25, -0.2) is 0 Å². The molecule has 1 fully saturated rings. The minimum Gasteiger partial charge on any atom is -0.322 e. The predicted octanol–water partition coefficient (Wildman–Crippen LogP) is 5.38. The number of carbonyl (C=O) groups is 1. The van der Waals surface area contributed by atoms with E-state index in [4.69, 9.17) is 23.2 Å². The van der Waals surface area contributed by atoms with E-state index in [9.17, 15) is 4.79 Å². The smallest absolute Gasteiger partial charge is 0.255 e. The fraction of sp³-hybridized carbons (Fsp3) is 0.350. The van der Waals surface area contributed by atoms with Crippen molar-refractivity contribution in [3.05, 3.63) is 63.6 Å². The molecular formula is C20H23Cl2N2O+. The number of rotatable bonds is 4. The van der Waals surface area contributed by atoms with Gasteiger partial charge in [-0.3, -0.25) is 4.79 Å². The molecule has 3 rings (SSSR count). The third kappa shape index (κ3) is 4.75. The van der Waals surface area contributed by atoms with Gasteiger partial charge in [-0.2, -0.15) is 0 Å². The molecule has 0 aliphatic carbocycles. The Kier molecular flexibility index (Phi) is 5.67. The van der Waals surface area contributed by atoms with Gasteiger partial charge in [-0.15, -0.1) is 0 Å². The Hall–Kier alpha value is -1.55. The number of hydrogen-bond donors (Lipinski definition) is 1. The molecule has 2 aromatic carbocycles. The first-order valence-electron chi connectivity index (χ1n) is 8.64. The van der Waals surface area contributed by atoms with Crippen molar-refractivity contribution < 1.29 is 9.28 Å². The second-order valence-corrected chi connectivity index (χ2v) is 7.88. The van der Waals surface area contributed by atoms with Crippen LogP contribution in [-0.4, -0.2) is 30.5 Å². The van der Waals surface area contributed by atoms with Gasteiger partial charge in [0.05, 0.1) is 30.2 Å². The van der Waals surface area contributed by atoms with Gasteiger partial charge in [0.25, 0.3) is 5.91 Å². The summed E-state index contributed by atoms with van der Waals surface area (Å²) in [5, 5.41) is 3.72. The summed E-state index contributed by atoms with van der Waals surface area (Å²) in [5.41, 5.74) is 2.57. The number of piperidine rings is 1. The van der Waals surface area contributed by atoms with E-state index >= 15 is 0 Å². The molecule has 0 atom stereocenters. The number of quaternary nitrogens is 1. The molecule has 0 bridgehead atoms. The Morgan fingerprint density at radius 3 is 2.32 bits per heavy atom. The molecule has 0 radical (unpaired) electrons. The van der Waals surface area contributed by atoms with Crippen molar-refractivity contribution in [2.75, 3.05) is 25.5 Å². The van der Waals surface area contributed by atoms with Crippen LogP contribution in [0.3, 0.4) is 0 Å². The van der Waals surface area contributed by atoms with Gasteiger partial charge in [0.1, 0.15) is 6.54 Å². The molecule has 0 aromatic heterocycles. The molecule has 1 aliphatic heterocycles. The van der Waals surface area contributed by atoms with Gasteiger partial charge in [-0.05, 0) is 49.6 Å². The lowest BCUT2D eigenvalue weighted by Crippen LogP contribution is -2.46. The van der Waals surface area contributed by atoms with Crippen molar-refractivity contribution in [3.8, 4) is 0 Å². The Labute approximate surface area is 159 Å². The van der Waals surface area contributed by atoms with Crippen LogP contribution in [0.5, 0.6) is 0 Å². The van der Waals surface area contributed by atoms with Crippen molar-refractivity contribution in [2.45, 2.75) is 25.8 Å². The summed E-state index contributed by atoms with van der Waals surface area (Å²) in [7, 11) is 2.33. The summed E-state index contributed by atoms with van der Waals surface area (Å²) >= 11 is 11.9. The van der Waals surface area contributed by atoms with E-state index in [0.29, 0.717) is 15.6 Å². The van der Waals surface area contributed by atoms with Crippen LogP contribution in [0.2, 0.25) is 10.0 Å². The number of benzene rings is 2. The zero-order chi connectivity index (χ0) is 17.9. The summed E-state index contributed by atoms with van der Waals surface area (Å²) in [5.74, 6) is -0.193. The number of amides is 1. The molecule has 1 saturated heterocycles. The van der Waals surface area contributed by atoms with Crippen LogP contribution in [0.1, 0.15) is 35.2 Å². The summed E-state index contributed by atoms with van der Waals surface area (Å²) in [6, 6.07) is 13.0. The van der Waals surface area contributed by atoms with Gasteiger partial charge in [-0.1, -0.05) is 35.3 Å². The summed E-state index contributed by atoms with van der Waals surface area (Å²) < 4.78 is 1.11. The molecule has 132 valence electrons. The first-order valence-corrected chi connectivity index (χ1v) is 9.40. The molecule has 1 aliphatic rings. The Morgan fingerprint density at radius 2 is 1.68 bits per heavy atom. The van der Waals surface area contributed by atoms with Crippen molar-refractivity contribution in [1.82, 2.24) is 0 Å². The molecular weight excluding hydrogens is 355 g/mol. The maximum absolute atomic E-state index is 12.3. The van der Waals surface area contributed by atoms with Crippen LogP contribution in [-0.2, 0) is 6.54 Å². The Bertz CT molecular complexity index is 753. The number of anilines is 1. The number of carbonyl (C=O) groups excluding carboxylic acids is 1. The number of hydrogen-bond acceptors (Lipinski definition) is 1. The third-order valence-corrected chi connectivity index (χ3v) is 5.59. The lowest BCUT2D eigenvalue weighted by Gasteiger charge is -2.37. The topological polar surface area (TPSA) is 29.1 Å². The summed E-state index contributed by atoms with van der Waals surface area (Å²) in [6.45, 7) is 3.53. The van der Waals surface area contributed by atoms with E-state index in [1.165, 1.54) is 37.9 Å². The highest BCUT2D eigenvalue weighted by Gasteiger charge is 2.24. The number of likely N-dealkylation sites (tertiary alicyclic amines) is 1. The van der Waals surface area contributed by atoms with Crippen LogP contribution in [0.15, 0.2) is 42.5 Å². The van der Waals surface area contributed by atoms with Gasteiger partial charge < -0.3 is 9.80 Å². The summed E-state index contributed by atoms with van der Waals surface area (Å²) in [6.07, 6.45) is 3.98. The largest absolute Gasteiger partial charge is 0.322 e. The molecule has 1 heterocycles. The van der Waals surface area contributed by atoms with Crippen molar-refractivity contribution >= 4 is 34.8 Å². The van der Waals surface area contributed by atoms with E-state index in [-0.39, 0.29) is 5.91 Å². The minimum atomic E-state index is -0.193. The predicted molar refractivity (Wildman–Crippen MR) is 104 cm³/mol. The normalized spacial score (nSPS) is 16.4. The molecule has 5 heteroatoms. The molecule has 1 amide bonds.